The molecule has 0 unspecified atom stereocenters. The van der Waals surface area contributed by atoms with Crippen LogP contribution in [0.4, 0.5) is 5.69 Å². The molecule has 3 aromatic rings. The first-order valence-corrected chi connectivity index (χ1v) is 8.08. The molecule has 0 spiro atoms. The maximum atomic E-state index is 11.2. The first-order chi connectivity index (χ1) is 12.0. The van der Waals surface area contributed by atoms with Crippen molar-refractivity contribution in [1.29, 1.82) is 0 Å². The molecule has 0 aliphatic heterocycles. The van der Waals surface area contributed by atoms with E-state index in [0.29, 0.717) is 0 Å². The zero-order valence-corrected chi connectivity index (χ0v) is 14.3. The predicted molar refractivity (Wildman–Crippen MR) is 103 cm³/mol. The average molecular weight is 332 g/mol. The van der Waals surface area contributed by atoms with Crippen molar-refractivity contribution in [2.75, 3.05) is 19.0 Å². The van der Waals surface area contributed by atoms with Gasteiger partial charge in [0.05, 0.1) is 11.9 Å². The smallest absolute Gasteiger partial charge is 0.307 e. The quantitative estimate of drug-likeness (QED) is 0.764. The molecule has 0 aliphatic rings. The zero-order valence-electron chi connectivity index (χ0n) is 14.3. The summed E-state index contributed by atoms with van der Waals surface area (Å²) in [6.45, 7) is 0. The summed E-state index contributed by atoms with van der Waals surface area (Å²) in [4.78, 5) is 17.5. The van der Waals surface area contributed by atoms with Crippen molar-refractivity contribution in [3.63, 3.8) is 0 Å². The van der Waals surface area contributed by atoms with E-state index in [0.717, 1.165) is 33.3 Å². The summed E-state index contributed by atoms with van der Waals surface area (Å²) in [7, 11) is 3.89. The number of hydrogen-bond donors (Lipinski definition) is 1. The number of aromatic nitrogens is 1. The maximum Gasteiger partial charge on any atom is 0.307 e. The van der Waals surface area contributed by atoms with Crippen LogP contribution in [0.2, 0.25) is 0 Å². The molecule has 25 heavy (non-hydrogen) atoms. The molecule has 0 amide bonds. The Balaban J connectivity index is 2.01. The normalized spacial score (nSPS) is 11.1. The first kappa shape index (κ1) is 16.7. The summed E-state index contributed by atoms with van der Waals surface area (Å²) in [5.41, 5.74) is 4.70. The molecule has 0 saturated heterocycles. The molecule has 0 saturated carbocycles. The Kier molecular flexibility index (Phi) is 4.80. The van der Waals surface area contributed by atoms with Crippen molar-refractivity contribution in [2.45, 2.75) is 6.42 Å². The number of nitrogens with zero attached hydrogens (tertiary/aromatic N) is 2. The molecule has 2 aromatic carbocycles. The molecule has 1 heterocycles. The number of para-hydroxylation sites is 1. The highest BCUT2D eigenvalue weighted by Gasteiger charge is 2.08. The van der Waals surface area contributed by atoms with E-state index in [-0.39, 0.29) is 6.42 Å². The molecule has 1 aromatic heterocycles. The van der Waals surface area contributed by atoms with Gasteiger partial charge in [-0.15, -0.1) is 0 Å². The fraction of sp³-hybridized carbons (Fsp3) is 0.143. The number of pyridine rings is 1. The topological polar surface area (TPSA) is 53.4 Å². The fourth-order valence-corrected chi connectivity index (χ4v) is 2.79. The fourth-order valence-electron chi connectivity index (χ4n) is 2.79. The third-order valence-electron chi connectivity index (χ3n) is 4.11. The third kappa shape index (κ3) is 3.86. The van der Waals surface area contributed by atoms with Crippen LogP contribution in [0.15, 0.2) is 54.7 Å². The summed E-state index contributed by atoms with van der Waals surface area (Å²) in [6, 6.07) is 15.8. The molecule has 0 fully saturated rings. The minimum Gasteiger partial charge on any atom is -0.481 e. The van der Waals surface area contributed by atoms with Gasteiger partial charge in [-0.3, -0.25) is 9.78 Å². The maximum absolute atomic E-state index is 11.2. The zero-order chi connectivity index (χ0) is 17.8. The molecule has 4 nitrogen and oxygen atoms in total. The van der Waals surface area contributed by atoms with E-state index in [4.69, 9.17) is 0 Å². The summed E-state index contributed by atoms with van der Waals surface area (Å²) in [6.07, 6.45) is 5.77. The molecule has 3 rings (SSSR count). The highest BCUT2D eigenvalue weighted by molar-refractivity contribution is 5.90. The number of benzene rings is 2. The van der Waals surface area contributed by atoms with E-state index in [9.17, 15) is 9.90 Å². The monoisotopic (exact) mass is 332 g/mol. The van der Waals surface area contributed by atoms with Crippen LogP contribution in [0.5, 0.6) is 0 Å². The van der Waals surface area contributed by atoms with Crippen LogP contribution in [0.1, 0.15) is 16.7 Å². The number of carboxylic acid groups (broad SMARTS) is 1. The molecule has 0 bridgehead atoms. The van der Waals surface area contributed by atoms with E-state index >= 15 is 0 Å². The van der Waals surface area contributed by atoms with Gasteiger partial charge in [-0.25, -0.2) is 0 Å². The van der Waals surface area contributed by atoms with Gasteiger partial charge in [0.1, 0.15) is 0 Å². The molecule has 4 heteroatoms. The second kappa shape index (κ2) is 7.18. The molecular weight excluding hydrogens is 312 g/mol. The number of fused-ring (bicyclic) bond motifs is 1. The summed E-state index contributed by atoms with van der Waals surface area (Å²) < 4.78 is 0. The second-order valence-corrected chi connectivity index (χ2v) is 6.10. The van der Waals surface area contributed by atoms with Crippen molar-refractivity contribution < 1.29 is 9.90 Å². The minimum absolute atomic E-state index is 0.00154. The van der Waals surface area contributed by atoms with Crippen LogP contribution >= 0.6 is 0 Å². The average Bonchev–Trinajstić information content (AvgIpc) is 2.60. The van der Waals surface area contributed by atoms with Gasteiger partial charge >= 0.3 is 5.97 Å². The van der Waals surface area contributed by atoms with Gasteiger partial charge in [0, 0.05) is 31.4 Å². The highest BCUT2D eigenvalue weighted by atomic mass is 16.4. The molecular formula is C21H20N2O2. The lowest BCUT2D eigenvalue weighted by Crippen LogP contribution is -2.10. The molecule has 0 aliphatic carbocycles. The van der Waals surface area contributed by atoms with E-state index in [2.05, 4.69) is 4.98 Å². The number of carbonyl (C=O) groups is 1. The van der Waals surface area contributed by atoms with Gasteiger partial charge in [-0.2, -0.15) is 0 Å². The van der Waals surface area contributed by atoms with Gasteiger partial charge < -0.3 is 10.0 Å². The summed E-state index contributed by atoms with van der Waals surface area (Å²) >= 11 is 0. The standard InChI is InChI=1S/C21H20N2O2/c1-23(2)18-10-9-15(17(13-18)14-21(24)25)7-8-16-11-12-22-20-6-4-3-5-19(16)20/h3-13H,14H2,1-2H3,(H,24,25)/b8-7+. The van der Waals surface area contributed by atoms with Crippen LogP contribution in [0, 0.1) is 0 Å². The van der Waals surface area contributed by atoms with Crippen molar-refractivity contribution in [2.24, 2.45) is 0 Å². The van der Waals surface area contributed by atoms with E-state index < -0.39 is 5.97 Å². The lowest BCUT2D eigenvalue weighted by molar-refractivity contribution is -0.136. The Hall–Kier alpha value is -3.14. The molecule has 126 valence electrons. The third-order valence-corrected chi connectivity index (χ3v) is 4.11. The number of rotatable bonds is 5. The summed E-state index contributed by atoms with van der Waals surface area (Å²) in [5, 5.41) is 10.3. The molecule has 0 atom stereocenters. The Morgan fingerprint density at radius 2 is 1.84 bits per heavy atom. The van der Waals surface area contributed by atoms with E-state index in [1.54, 1.807) is 6.20 Å². The Morgan fingerprint density at radius 3 is 2.60 bits per heavy atom. The van der Waals surface area contributed by atoms with Crippen LogP contribution in [0.25, 0.3) is 23.1 Å². The summed E-state index contributed by atoms with van der Waals surface area (Å²) in [5.74, 6) is -0.833. The van der Waals surface area contributed by atoms with E-state index in [1.807, 2.05) is 79.7 Å². The highest BCUT2D eigenvalue weighted by Crippen LogP contribution is 2.23. The SMILES string of the molecule is CN(C)c1ccc(/C=C/c2ccnc3ccccc23)c(CC(=O)O)c1. The number of aliphatic carboxylic acids is 1. The first-order valence-electron chi connectivity index (χ1n) is 8.08. The van der Waals surface area contributed by atoms with Crippen LogP contribution < -0.4 is 4.90 Å². The second-order valence-electron chi connectivity index (χ2n) is 6.10. The van der Waals surface area contributed by atoms with Crippen molar-refractivity contribution in [1.82, 2.24) is 4.98 Å². The van der Waals surface area contributed by atoms with Gasteiger partial charge in [-0.05, 0) is 41.0 Å². The van der Waals surface area contributed by atoms with Crippen LogP contribution in [-0.2, 0) is 11.2 Å². The molecule has 0 radical (unpaired) electrons. The van der Waals surface area contributed by atoms with Crippen LogP contribution in [0.3, 0.4) is 0 Å². The lowest BCUT2D eigenvalue weighted by Gasteiger charge is -2.15. The molecule has 1 N–H and O–H groups in total. The number of anilines is 1. The Bertz CT molecular complexity index is 940. The predicted octanol–water partition coefficient (Wildman–Crippen LogP) is 4.10. The van der Waals surface area contributed by atoms with Gasteiger partial charge in [0.15, 0.2) is 0 Å². The Morgan fingerprint density at radius 1 is 1.08 bits per heavy atom. The van der Waals surface area contributed by atoms with E-state index in [1.165, 1.54) is 0 Å². The van der Waals surface area contributed by atoms with Crippen molar-refractivity contribution >= 4 is 34.7 Å². The van der Waals surface area contributed by atoms with Gasteiger partial charge in [0.2, 0.25) is 0 Å². The van der Waals surface area contributed by atoms with Gasteiger partial charge in [-0.1, -0.05) is 36.4 Å². The van der Waals surface area contributed by atoms with Crippen LogP contribution in [-0.4, -0.2) is 30.2 Å². The van der Waals surface area contributed by atoms with Crippen molar-refractivity contribution in [3.8, 4) is 0 Å². The van der Waals surface area contributed by atoms with Gasteiger partial charge in [0.25, 0.3) is 0 Å². The number of hydrogen-bond acceptors (Lipinski definition) is 3. The minimum atomic E-state index is -0.833. The Labute approximate surface area is 147 Å². The number of carboxylic acids is 1. The largest absolute Gasteiger partial charge is 0.481 e. The van der Waals surface area contributed by atoms with Crippen molar-refractivity contribution in [3.05, 3.63) is 71.4 Å². The lowest BCUT2D eigenvalue weighted by atomic mass is 10.0.